The molecule has 0 radical (unpaired) electrons. The average Bonchev–Trinajstić information content (AvgIpc) is 2.92. The molecule has 0 spiro atoms. The topological polar surface area (TPSA) is 55.9 Å². The van der Waals surface area contributed by atoms with Crippen LogP contribution in [0.1, 0.15) is 38.5 Å². The second-order valence-corrected chi connectivity index (χ2v) is 7.74. The zero-order chi connectivity index (χ0) is 15.8. The number of hydrogen-bond acceptors (Lipinski definition) is 3. The molecule has 0 bridgehead atoms. The van der Waals surface area contributed by atoms with Crippen LogP contribution in [0.3, 0.4) is 0 Å². The predicted molar refractivity (Wildman–Crippen MR) is 87.0 cm³/mol. The molecule has 4 fully saturated rings. The first kappa shape index (κ1) is 15.2. The van der Waals surface area contributed by atoms with Crippen LogP contribution in [0.15, 0.2) is 0 Å². The minimum Gasteiger partial charge on any atom is -0.338 e. The van der Waals surface area contributed by atoms with Crippen LogP contribution in [0.2, 0.25) is 0 Å². The molecule has 3 amide bonds. The van der Waals surface area contributed by atoms with E-state index in [9.17, 15) is 9.59 Å². The Labute approximate surface area is 138 Å². The van der Waals surface area contributed by atoms with Gasteiger partial charge in [0.1, 0.15) is 0 Å². The summed E-state index contributed by atoms with van der Waals surface area (Å²) in [6, 6.07) is 0.499. The van der Waals surface area contributed by atoms with E-state index in [1.54, 1.807) is 0 Å². The first-order valence-corrected chi connectivity index (χ1v) is 9.26. The fraction of sp³-hybridized carbons (Fsp3) is 0.882. The molecular formula is C17H28N4O2. The Bertz CT molecular complexity index is 473. The monoisotopic (exact) mass is 320 g/mol. The van der Waals surface area contributed by atoms with Gasteiger partial charge >= 0.3 is 6.03 Å². The Morgan fingerprint density at radius 1 is 1.09 bits per heavy atom. The van der Waals surface area contributed by atoms with Gasteiger partial charge in [-0.25, -0.2) is 4.79 Å². The van der Waals surface area contributed by atoms with E-state index in [4.69, 9.17) is 0 Å². The third-order valence-corrected chi connectivity index (χ3v) is 5.76. The minimum absolute atomic E-state index is 0.00762. The summed E-state index contributed by atoms with van der Waals surface area (Å²) in [5.41, 5.74) is 0. The van der Waals surface area contributed by atoms with Crippen molar-refractivity contribution in [1.29, 1.82) is 0 Å². The van der Waals surface area contributed by atoms with Crippen molar-refractivity contribution >= 4 is 11.9 Å². The summed E-state index contributed by atoms with van der Waals surface area (Å²) >= 11 is 0. The highest BCUT2D eigenvalue weighted by Crippen LogP contribution is 2.30. The van der Waals surface area contributed by atoms with Crippen LogP contribution in [0.5, 0.6) is 0 Å². The van der Waals surface area contributed by atoms with Crippen molar-refractivity contribution in [1.82, 2.24) is 20.0 Å². The van der Waals surface area contributed by atoms with Crippen LogP contribution >= 0.6 is 0 Å². The maximum absolute atomic E-state index is 12.5. The average molecular weight is 320 g/mol. The van der Waals surface area contributed by atoms with E-state index in [1.807, 2.05) is 9.80 Å². The summed E-state index contributed by atoms with van der Waals surface area (Å²) in [7, 11) is 0. The van der Waals surface area contributed by atoms with Gasteiger partial charge in [0.2, 0.25) is 5.91 Å². The molecule has 4 aliphatic rings. The fourth-order valence-electron chi connectivity index (χ4n) is 4.33. The fourth-order valence-corrected chi connectivity index (χ4v) is 4.33. The first-order valence-electron chi connectivity index (χ1n) is 9.26. The molecule has 1 N–H and O–H groups in total. The van der Waals surface area contributed by atoms with Crippen LogP contribution in [0.4, 0.5) is 4.79 Å². The van der Waals surface area contributed by atoms with Gasteiger partial charge < -0.3 is 20.0 Å². The predicted octanol–water partition coefficient (Wildman–Crippen LogP) is 0.877. The number of nitrogens with zero attached hydrogens (tertiary/aromatic N) is 3. The lowest BCUT2D eigenvalue weighted by Crippen LogP contribution is -2.45. The third kappa shape index (κ3) is 3.47. The van der Waals surface area contributed by atoms with E-state index in [1.165, 1.54) is 25.9 Å². The van der Waals surface area contributed by atoms with Crippen molar-refractivity contribution in [3.8, 4) is 0 Å². The van der Waals surface area contributed by atoms with Gasteiger partial charge in [0.25, 0.3) is 0 Å². The van der Waals surface area contributed by atoms with E-state index in [0.717, 1.165) is 38.9 Å². The van der Waals surface area contributed by atoms with Crippen LogP contribution in [-0.2, 0) is 4.79 Å². The van der Waals surface area contributed by atoms with Crippen LogP contribution in [0.25, 0.3) is 0 Å². The highest BCUT2D eigenvalue weighted by molar-refractivity contribution is 5.82. The van der Waals surface area contributed by atoms with Gasteiger partial charge in [-0.1, -0.05) is 0 Å². The molecule has 0 aromatic rings. The van der Waals surface area contributed by atoms with E-state index in [0.29, 0.717) is 24.9 Å². The molecule has 3 aliphatic heterocycles. The molecule has 6 nitrogen and oxygen atoms in total. The Morgan fingerprint density at radius 3 is 2.61 bits per heavy atom. The second-order valence-electron chi connectivity index (χ2n) is 7.74. The number of nitrogens with one attached hydrogen (secondary N) is 1. The van der Waals surface area contributed by atoms with E-state index in [2.05, 4.69) is 10.2 Å². The number of rotatable bonds is 4. The molecule has 3 heterocycles. The first-order chi connectivity index (χ1) is 11.2. The summed E-state index contributed by atoms with van der Waals surface area (Å²) in [5, 5.41) is 3.09. The molecule has 4 rings (SSSR count). The molecule has 128 valence electrons. The number of amides is 3. The molecule has 2 unspecified atom stereocenters. The number of urea groups is 1. The van der Waals surface area contributed by atoms with Crippen LogP contribution in [0, 0.1) is 5.92 Å². The van der Waals surface area contributed by atoms with Crippen molar-refractivity contribution < 1.29 is 9.59 Å². The third-order valence-electron chi connectivity index (χ3n) is 5.76. The SMILES string of the molecule is O=C(NC1CC(=O)N(C2CC2)C1)N1CCC(CN2CCCC2)C1. The summed E-state index contributed by atoms with van der Waals surface area (Å²) < 4.78 is 0. The molecule has 0 aromatic heterocycles. The molecule has 1 saturated carbocycles. The van der Waals surface area contributed by atoms with Crippen LogP contribution in [-0.4, -0.2) is 78.0 Å². The Hall–Kier alpha value is -1.30. The lowest BCUT2D eigenvalue weighted by atomic mass is 10.1. The highest BCUT2D eigenvalue weighted by atomic mass is 16.2. The quantitative estimate of drug-likeness (QED) is 0.836. The van der Waals surface area contributed by atoms with Crippen molar-refractivity contribution in [2.45, 2.75) is 50.6 Å². The summed E-state index contributed by atoms with van der Waals surface area (Å²) in [6.45, 7) is 6.03. The van der Waals surface area contributed by atoms with E-state index in [-0.39, 0.29) is 18.0 Å². The van der Waals surface area contributed by atoms with Gasteiger partial charge in [-0.3, -0.25) is 4.79 Å². The summed E-state index contributed by atoms with van der Waals surface area (Å²) in [5.74, 6) is 0.832. The molecule has 6 heteroatoms. The smallest absolute Gasteiger partial charge is 0.317 e. The van der Waals surface area contributed by atoms with E-state index < -0.39 is 0 Å². The van der Waals surface area contributed by atoms with Crippen molar-refractivity contribution in [3.05, 3.63) is 0 Å². The van der Waals surface area contributed by atoms with Crippen molar-refractivity contribution in [3.63, 3.8) is 0 Å². The highest BCUT2D eigenvalue weighted by Gasteiger charge is 2.40. The van der Waals surface area contributed by atoms with Gasteiger partial charge in [-0.15, -0.1) is 0 Å². The van der Waals surface area contributed by atoms with Gasteiger partial charge in [0.05, 0.1) is 6.04 Å². The standard InChI is InChI=1S/C17H28N4O2/c22-16-9-14(12-21(16)15-3-4-15)18-17(23)20-8-5-13(11-20)10-19-6-1-2-7-19/h13-15H,1-12H2,(H,18,23). The van der Waals surface area contributed by atoms with Gasteiger partial charge in [-0.05, 0) is 51.1 Å². The Kier molecular flexibility index (Phi) is 4.18. The van der Waals surface area contributed by atoms with Gasteiger partial charge in [0, 0.05) is 38.6 Å². The summed E-state index contributed by atoms with van der Waals surface area (Å²) in [6.07, 6.45) is 6.51. The maximum Gasteiger partial charge on any atom is 0.317 e. The van der Waals surface area contributed by atoms with Gasteiger partial charge in [0.15, 0.2) is 0 Å². The number of carbonyl (C=O) groups excluding carboxylic acids is 2. The van der Waals surface area contributed by atoms with Crippen molar-refractivity contribution in [2.24, 2.45) is 5.92 Å². The van der Waals surface area contributed by atoms with E-state index >= 15 is 0 Å². The Morgan fingerprint density at radius 2 is 1.87 bits per heavy atom. The van der Waals surface area contributed by atoms with Crippen LogP contribution < -0.4 is 5.32 Å². The lowest BCUT2D eigenvalue weighted by Gasteiger charge is -2.22. The summed E-state index contributed by atoms with van der Waals surface area (Å²) in [4.78, 5) is 30.9. The molecule has 23 heavy (non-hydrogen) atoms. The molecular weight excluding hydrogens is 292 g/mol. The maximum atomic E-state index is 12.5. The molecule has 3 saturated heterocycles. The zero-order valence-corrected chi connectivity index (χ0v) is 13.9. The second kappa shape index (κ2) is 6.30. The normalized spacial score (nSPS) is 32.1. The Balaban J connectivity index is 1.23. The largest absolute Gasteiger partial charge is 0.338 e. The number of carbonyl (C=O) groups is 2. The minimum atomic E-state index is 0.00762. The lowest BCUT2D eigenvalue weighted by molar-refractivity contribution is -0.128. The molecule has 2 atom stereocenters. The zero-order valence-electron chi connectivity index (χ0n) is 13.9. The van der Waals surface area contributed by atoms with Gasteiger partial charge in [-0.2, -0.15) is 0 Å². The number of likely N-dealkylation sites (tertiary alicyclic amines) is 3. The molecule has 0 aromatic carbocycles. The van der Waals surface area contributed by atoms with Crippen molar-refractivity contribution in [2.75, 3.05) is 39.3 Å². The number of hydrogen-bond donors (Lipinski definition) is 1. The molecule has 1 aliphatic carbocycles.